The number of hydrogen-bond donors (Lipinski definition) is 0. The molecule has 132 valence electrons. The summed E-state index contributed by atoms with van der Waals surface area (Å²) in [5.74, 6) is 0.528. The van der Waals surface area contributed by atoms with Gasteiger partial charge in [-0.1, -0.05) is 12.1 Å². The van der Waals surface area contributed by atoms with E-state index in [1.54, 1.807) is 31.1 Å². The third kappa shape index (κ3) is 3.72. The number of hydrogen-bond acceptors (Lipinski definition) is 5. The molecule has 1 amide bonds. The Morgan fingerprint density at radius 1 is 1.15 bits per heavy atom. The summed E-state index contributed by atoms with van der Waals surface area (Å²) in [4.78, 5) is 26.7. The molecule has 7 heteroatoms. The highest BCUT2D eigenvalue weighted by atomic mass is 16.5. The minimum atomic E-state index is -0.0452. The fourth-order valence-electron chi connectivity index (χ4n) is 3.05. The molecule has 0 spiro atoms. The average molecular weight is 349 g/mol. The van der Waals surface area contributed by atoms with Crippen LogP contribution in [-0.2, 0) is 6.54 Å². The van der Waals surface area contributed by atoms with Crippen molar-refractivity contribution < 1.29 is 9.53 Å². The minimum Gasteiger partial charge on any atom is -0.471 e. The standard InChI is InChI=1S/C19H19N5O2/c25-19(16-3-1-15(2-4-16)12-23-10-8-21-14-23)24-9-5-17(13-24)26-18-11-20-6-7-22-18/h1-4,6-8,10-11,14,17H,5,9,12-13H2/t17-/m1/s1. The first-order valence-corrected chi connectivity index (χ1v) is 8.54. The van der Waals surface area contributed by atoms with E-state index >= 15 is 0 Å². The van der Waals surface area contributed by atoms with Crippen LogP contribution in [0.5, 0.6) is 5.88 Å². The van der Waals surface area contributed by atoms with Gasteiger partial charge in [0.25, 0.3) is 5.91 Å². The van der Waals surface area contributed by atoms with E-state index in [4.69, 9.17) is 4.74 Å². The number of amides is 1. The molecule has 1 aliphatic rings. The van der Waals surface area contributed by atoms with Crippen molar-refractivity contribution in [3.8, 4) is 5.88 Å². The quantitative estimate of drug-likeness (QED) is 0.704. The minimum absolute atomic E-state index is 0.0319. The molecule has 1 aromatic carbocycles. The van der Waals surface area contributed by atoms with E-state index in [1.165, 1.54) is 0 Å². The lowest BCUT2D eigenvalue weighted by molar-refractivity contribution is 0.0771. The van der Waals surface area contributed by atoms with Gasteiger partial charge in [-0.3, -0.25) is 9.78 Å². The molecule has 7 nitrogen and oxygen atoms in total. The predicted molar refractivity (Wildman–Crippen MR) is 94.7 cm³/mol. The molecule has 0 radical (unpaired) electrons. The molecule has 0 N–H and O–H groups in total. The Hall–Kier alpha value is -3.22. The molecule has 0 bridgehead atoms. The average Bonchev–Trinajstić information content (AvgIpc) is 3.35. The summed E-state index contributed by atoms with van der Waals surface area (Å²) in [5, 5.41) is 0. The third-order valence-electron chi connectivity index (χ3n) is 4.38. The van der Waals surface area contributed by atoms with Crippen LogP contribution in [0.15, 0.2) is 61.6 Å². The lowest BCUT2D eigenvalue weighted by atomic mass is 10.1. The summed E-state index contributed by atoms with van der Waals surface area (Å²) in [6.45, 7) is 1.99. The zero-order valence-corrected chi connectivity index (χ0v) is 14.2. The number of rotatable bonds is 5. The number of nitrogens with zero attached hydrogens (tertiary/aromatic N) is 5. The van der Waals surface area contributed by atoms with E-state index in [1.807, 2.05) is 39.9 Å². The highest BCUT2D eigenvalue weighted by Gasteiger charge is 2.28. The Kier molecular flexibility index (Phi) is 4.59. The zero-order chi connectivity index (χ0) is 17.8. The first-order chi connectivity index (χ1) is 12.8. The fraction of sp³-hybridized carbons (Fsp3) is 0.263. The van der Waals surface area contributed by atoms with E-state index in [2.05, 4.69) is 15.0 Å². The molecular formula is C19H19N5O2. The van der Waals surface area contributed by atoms with Crippen LogP contribution in [0, 0.1) is 0 Å². The van der Waals surface area contributed by atoms with Crippen LogP contribution in [0.25, 0.3) is 0 Å². The van der Waals surface area contributed by atoms with Gasteiger partial charge in [0.1, 0.15) is 6.10 Å². The molecule has 0 aliphatic carbocycles. The summed E-state index contributed by atoms with van der Waals surface area (Å²) in [6.07, 6.45) is 11.0. The van der Waals surface area contributed by atoms with Gasteiger partial charge in [0.05, 0.1) is 19.1 Å². The second-order valence-corrected chi connectivity index (χ2v) is 6.26. The van der Waals surface area contributed by atoms with Gasteiger partial charge in [0.2, 0.25) is 5.88 Å². The van der Waals surface area contributed by atoms with Crippen molar-refractivity contribution in [2.24, 2.45) is 0 Å². The molecule has 26 heavy (non-hydrogen) atoms. The molecular weight excluding hydrogens is 330 g/mol. The number of carbonyl (C=O) groups is 1. The van der Waals surface area contributed by atoms with Crippen LogP contribution < -0.4 is 4.74 Å². The maximum atomic E-state index is 12.7. The van der Waals surface area contributed by atoms with E-state index in [0.29, 0.717) is 24.5 Å². The van der Waals surface area contributed by atoms with Gasteiger partial charge in [-0.05, 0) is 17.7 Å². The lowest BCUT2D eigenvalue weighted by Gasteiger charge is -2.17. The summed E-state index contributed by atoms with van der Waals surface area (Å²) >= 11 is 0. The van der Waals surface area contributed by atoms with Gasteiger partial charge in [0.15, 0.2) is 0 Å². The number of carbonyl (C=O) groups excluding carboxylic acids is 1. The number of imidazole rings is 1. The topological polar surface area (TPSA) is 73.1 Å². The highest BCUT2D eigenvalue weighted by Crippen LogP contribution is 2.18. The number of ether oxygens (including phenoxy) is 1. The summed E-state index contributed by atoms with van der Waals surface area (Å²) in [7, 11) is 0. The Morgan fingerprint density at radius 2 is 2.04 bits per heavy atom. The molecule has 3 aromatic rings. The van der Waals surface area contributed by atoms with Crippen LogP contribution in [0.3, 0.4) is 0 Å². The first kappa shape index (κ1) is 16.3. The van der Waals surface area contributed by atoms with Crippen LogP contribution in [0.2, 0.25) is 0 Å². The van der Waals surface area contributed by atoms with E-state index in [-0.39, 0.29) is 12.0 Å². The Labute approximate surface area is 151 Å². The molecule has 1 saturated heterocycles. The molecule has 1 atom stereocenters. The SMILES string of the molecule is O=C(c1ccc(Cn2ccnc2)cc1)N1CC[C@@H](Oc2cnccn2)C1. The van der Waals surface area contributed by atoms with Gasteiger partial charge < -0.3 is 14.2 Å². The maximum Gasteiger partial charge on any atom is 0.253 e. The first-order valence-electron chi connectivity index (χ1n) is 8.54. The predicted octanol–water partition coefficient (Wildman–Crippen LogP) is 2.01. The third-order valence-corrected chi connectivity index (χ3v) is 4.38. The van der Waals surface area contributed by atoms with Crippen molar-refractivity contribution >= 4 is 5.91 Å². The van der Waals surface area contributed by atoms with Crippen molar-refractivity contribution in [3.63, 3.8) is 0 Å². The van der Waals surface area contributed by atoms with E-state index < -0.39 is 0 Å². The van der Waals surface area contributed by atoms with Crippen LogP contribution in [-0.4, -0.2) is 49.5 Å². The Bertz CT molecular complexity index is 849. The molecule has 1 aliphatic heterocycles. The van der Waals surface area contributed by atoms with Gasteiger partial charge in [-0.25, -0.2) is 9.97 Å². The van der Waals surface area contributed by atoms with Crippen molar-refractivity contribution in [1.82, 2.24) is 24.4 Å². The lowest BCUT2D eigenvalue weighted by Crippen LogP contribution is -2.31. The molecule has 3 heterocycles. The van der Waals surface area contributed by atoms with E-state index in [9.17, 15) is 4.79 Å². The van der Waals surface area contributed by atoms with E-state index in [0.717, 1.165) is 18.5 Å². The molecule has 1 fully saturated rings. The Balaban J connectivity index is 1.35. The normalized spacial score (nSPS) is 16.6. The molecule has 0 unspecified atom stereocenters. The summed E-state index contributed by atoms with van der Waals surface area (Å²) < 4.78 is 7.79. The van der Waals surface area contributed by atoms with Crippen LogP contribution in [0.4, 0.5) is 0 Å². The van der Waals surface area contributed by atoms with Crippen molar-refractivity contribution in [2.45, 2.75) is 19.1 Å². The molecule has 2 aromatic heterocycles. The second kappa shape index (κ2) is 7.35. The molecule has 4 rings (SSSR count). The van der Waals surface area contributed by atoms with Gasteiger partial charge in [0, 0.05) is 49.9 Å². The van der Waals surface area contributed by atoms with Gasteiger partial charge in [-0.2, -0.15) is 0 Å². The zero-order valence-electron chi connectivity index (χ0n) is 14.2. The van der Waals surface area contributed by atoms with Crippen LogP contribution >= 0.6 is 0 Å². The number of likely N-dealkylation sites (tertiary alicyclic amines) is 1. The maximum absolute atomic E-state index is 12.7. The summed E-state index contributed by atoms with van der Waals surface area (Å²) in [6, 6.07) is 7.73. The monoisotopic (exact) mass is 349 g/mol. The van der Waals surface area contributed by atoms with Crippen molar-refractivity contribution in [3.05, 3.63) is 72.7 Å². The number of aromatic nitrogens is 4. The van der Waals surface area contributed by atoms with Gasteiger partial charge >= 0.3 is 0 Å². The smallest absolute Gasteiger partial charge is 0.253 e. The number of benzene rings is 1. The second-order valence-electron chi connectivity index (χ2n) is 6.26. The fourth-order valence-corrected chi connectivity index (χ4v) is 3.05. The largest absolute Gasteiger partial charge is 0.471 e. The van der Waals surface area contributed by atoms with Crippen LogP contribution in [0.1, 0.15) is 22.3 Å². The van der Waals surface area contributed by atoms with Crippen molar-refractivity contribution in [2.75, 3.05) is 13.1 Å². The molecule has 0 saturated carbocycles. The van der Waals surface area contributed by atoms with Crippen molar-refractivity contribution in [1.29, 1.82) is 0 Å². The highest BCUT2D eigenvalue weighted by molar-refractivity contribution is 5.94. The summed E-state index contributed by atoms with van der Waals surface area (Å²) in [5.41, 5.74) is 1.82. The van der Waals surface area contributed by atoms with Gasteiger partial charge in [-0.15, -0.1) is 0 Å². The Morgan fingerprint density at radius 3 is 2.77 bits per heavy atom.